The van der Waals surface area contributed by atoms with Gasteiger partial charge in [0.15, 0.2) is 0 Å². The summed E-state index contributed by atoms with van der Waals surface area (Å²) in [6, 6.07) is 21.4. The Morgan fingerprint density at radius 2 is 1.64 bits per heavy atom. The molecule has 0 aromatic heterocycles. The minimum atomic E-state index is -0.834. The fourth-order valence-electron chi connectivity index (χ4n) is 2.98. The second-order valence-electron chi connectivity index (χ2n) is 8.69. The number of rotatable bonds is 8. The van der Waals surface area contributed by atoms with Gasteiger partial charge in [0.2, 0.25) is 5.91 Å². The average molecular weight is 466 g/mol. The van der Waals surface area contributed by atoms with E-state index in [1.807, 2.05) is 54.6 Å². The number of anilines is 1. The van der Waals surface area contributed by atoms with Crippen LogP contribution in [0.3, 0.4) is 0 Å². The molecule has 0 aliphatic heterocycles. The van der Waals surface area contributed by atoms with Gasteiger partial charge in [-0.15, -0.1) is 0 Å². The van der Waals surface area contributed by atoms with E-state index in [2.05, 4.69) is 36.1 Å². The molecule has 1 unspecified atom stereocenters. The van der Waals surface area contributed by atoms with E-state index in [0.717, 1.165) is 16.5 Å². The Hall–Kier alpha value is -3.16. The van der Waals surface area contributed by atoms with Crippen molar-refractivity contribution in [1.29, 1.82) is 0 Å². The minimum absolute atomic E-state index is 0.0257. The summed E-state index contributed by atoms with van der Waals surface area (Å²) in [5, 5.41) is 5.62. The first-order chi connectivity index (χ1) is 15.7. The fraction of sp³-hybridized carbons (Fsp3) is 0.231. The molecule has 0 radical (unpaired) electrons. The van der Waals surface area contributed by atoms with Crippen LogP contribution in [0.15, 0.2) is 83.8 Å². The zero-order chi connectivity index (χ0) is 23.8. The third-order valence-corrected chi connectivity index (χ3v) is 5.81. The number of nitrogens with one attached hydrogen (secondary N) is 3. The number of hydrogen-bond donors (Lipinski definition) is 3. The topological polar surface area (TPSA) is 70.2 Å². The lowest BCUT2D eigenvalue weighted by molar-refractivity contribution is -0.118. The van der Waals surface area contributed by atoms with E-state index in [1.165, 1.54) is 30.1 Å². The highest BCUT2D eigenvalue weighted by atomic mass is 32.2. The Morgan fingerprint density at radius 3 is 2.27 bits per heavy atom. The zero-order valence-corrected chi connectivity index (χ0v) is 19.7. The number of benzene rings is 3. The lowest BCUT2D eigenvalue weighted by Gasteiger charge is -2.20. The van der Waals surface area contributed by atoms with E-state index in [1.54, 1.807) is 0 Å². The van der Waals surface area contributed by atoms with Crippen LogP contribution in [0.2, 0.25) is 0 Å². The molecule has 3 N–H and O–H groups in total. The molecule has 0 saturated heterocycles. The maximum Gasteiger partial charge on any atom is 0.252 e. The van der Waals surface area contributed by atoms with Crippen LogP contribution in [0, 0.1) is 5.82 Å². The summed E-state index contributed by atoms with van der Waals surface area (Å²) in [6.07, 6.45) is 0.303. The van der Waals surface area contributed by atoms with E-state index in [0.29, 0.717) is 12.1 Å². The predicted molar refractivity (Wildman–Crippen MR) is 132 cm³/mol. The van der Waals surface area contributed by atoms with Gasteiger partial charge < -0.3 is 10.6 Å². The molecule has 3 aromatic carbocycles. The standard InChI is InChI=1S/C26H28FN3O2S/c1-26(2,3)30-33-22-14-12-21(13-15-22)28-25(32)23(16-18-8-5-4-6-9-18)29-24(31)19-10-7-11-20(27)17-19/h4-15,17,23,30H,16H2,1-3H3,(H,28,32)(H,29,31). The molecule has 3 aromatic rings. The molecule has 0 aliphatic carbocycles. The summed E-state index contributed by atoms with van der Waals surface area (Å²) < 4.78 is 16.9. The number of hydrogen-bond acceptors (Lipinski definition) is 4. The Balaban J connectivity index is 1.71. The molecule has 2 amide bonds. The summed E-state index contributed by atoms with van der Waals surface area (Å²) in [6.45, 7) is 6.25. The third kappa shape index (κ3) is 8.04. The van der Waals surface area contributed by atoms with Crippen LogP contribution in [-0.2, 0) is 11.2 Å². The SMILES string of the molecule is CC(C)(C)NSc1ccc(NC(=O)C(Cc2ccccc2)NC(=O)c2cccc(F)c2)cc1. The molecule has 33 heavy (non-hydrogen) atoms. The maximum absolute atomic E-state index is 13.5. The van der Waals surface area contributed by atoms with Crippen molar-refractivity contribution >= 4 is 29.4 Å². The van der Waals surface area contributed by atoms with Crippen LogP contribution in [0.1, 0.15) is 36.7 Å². The molecule has 0 heterocycles. The summed E-state index contributed by atoms with van der Waals surface area (Å²) in [7, 11) is 0. The van der Waals surface area contributed by atoms with Gasteiger partial charge in [-0.05, 0) is 80.7 Å². The van der Waals surface area contributed by atoms with Gasteiger partial charge in [-0.25, -0.2) is 4.39 Å². The monoisotopic (exact) mass is 465 g/mol. The van der Waals surface area contributed by atoms with Gasteiger partial charge in [-0.2, -0.15) is 0 Å². The quantitative estimate of drug-likeness (QED) is 0.400. The van der Waals surface area contributed by atoms with Crippen molar-refractivity contribution in [2.75, 3.05) is 5.32 Å². The molecule has 7 heteroatoms. The highest BCUT2D eigenvalue weighted by Gasteiger charge is 2.22. The van der Waals surface area contributed by atoms with E-state index in [9.17, 15) is 14.0 Å². The van der Waals surface area contributed by atoms with Gasteiger partial charge in [0.05, 0.1) is 0 Å². The fourth-order valence-corrected chi connectivity index (χ4v) is 3.67. The highest BCUT2D eigenvalue weighted by molar-refractivity contribution is 7.97. The Kier molecular flexibility index (Phi) is 8.25. The summed E-state index contributed by atoms with van der Waals surface area (Å²) in [5.74, 6) is -1.37. The molecule has 3 rings (SSSR count). The van der Waals surface area contributed by atoms with Crippen molar-refractivity contribution in [3.05, 3.63) is 95.8 Å². The van der Waals surface area contributed by atoms with Gasteiger partial charge in [0.1, 0.15) is 11.9 Å². The molecule has 1 atom stereocenters. The molecule has 0 spiro atoms. The molecular weight excluding hydrogens is 437 g/mol. The van der Waals surface area contributed by atoms with Gasteiger partial charge >= 0.3 is 0 Å². The minimum Gasteiger partial charge on any atom is -0.340 e. The number of carbonyl (C=O) groups excluding carboxylic acids is 2. The smallest absolute Gasteiger partial charge is 0.252 e. The average Bonchev–Trinajstić information content (AvgIpc) is 2.78. The number of amides is 2. The van der Waals surface area contributed by atoms with Crippen LogP contribution in [0.5, 0.6) is 0 Å². The lowest BCUT2D eigenvalue weighted by Crippen LogP contribution is -2.45. The third-order valence-electron chi connectivity index (χ3n) is 4.59. The molecule has 0 fully saturated rings. The first-order valence-corrected chi connectivity index (χ1v) is 11.5. The van der Waals surface area contributed by atoms with Gasteiger partial charge in [0.25, 0.3) is 5.91 Å². The highest BCUT2D eigenvalue weighted by Crippen LogP contribution is 2.21. The van der Waals surface area contributed by atoms with Crippen molar-refractivity contribution in [3.63, 3.8) is 0 Å². The van der Waals surface area contributed by atoms with Crippen molar-refractivity contribution in [1.82, 2.24) is 10.0 Å². The van der Waals surface area contributed by atoms with Gasteiger partial charge in [-0.3, -0.25) is 14.3 Å². The zero-order valence-electron chi connectivity index (χ0n) is 18.9. The van der Waals surface area contributed by atoms with Crippen molar-refractivity contribution in [2.24, 2.45) is 0 Å². The van der Waals surface area contributed by atoms with Crippen LogP contribution in [0.25, 0.3) is 0 Å². The maximum atomic E-state index is 13.5. The second kappa shape index (κ2) is 11.1. The molecule has 5 nitrogen and oxygen atoms in total. The van der Waals surface area contributed by atoms with Gasteiger partial charge in [0, 0.05) is 28.1 Å². The Bertz CT molecular complexity index is 1080. The van der Waals surface area contributed by atoms with E-state index >= 15 is 0 Å². The van der Waals surface area contributed by atoms with E-state index in [-0.39, 0.29) is 17.0 Å². The summed E-state index contributed by atoms with van der Waals surface area (Å²) in [5.41, 5.74) is 1.66. The van der Waals surface area contributed by atoms with Gasteiger partial charge in [-0.1, -0.05) is 36.4 Å². The summed E-state index contributed by atoms with van der Waals surface area (Å²) in [4.78, 5) is 26.8. The Morgan fingerprint density at radius 1 is 0.939 bits per heavy atom. The first-order valence-electron chi connectivity index (χ1n) is 10.6. The van der Waals surface area contributed by atoms with E-state index in [4.69, 9.17) is 0 Å². The summed E-state index contributed by atoms with van der Waals surface area (Å²) >= 11 is 1.52. The molecular formula is C26H28FN3O2S. The van der Waals surface area contributed by atoms with Crippen LogP contribution >= 0.6 is 11.9 Å². The Labute approximate surface area is 198 Å². The molecule has 0 bridgehead atoms. The number of carbonyl (C=O) groups is 2. The van der Waals surface area contributed by atoms with Crippen LogP contribution in [-0.4, -0.2) is 23.4 Å². The van der Waals surface area contributed by atoms with Crippen molar-refractivity contribution in [3.8, 4) is 0 Å². The second-order valence-corrected chi connectivity index (χ2v) is 9.57. The molecule has 172 valence electrons. The molecule has 0 aliphatic rings. The number of halogens is 1. The van der Waals surface area contributed by atoms with Crippen LogP contribution < -0.4 is 15.4 Å². The van der Waals surface area contributed by atoms with Crippen molar-refractivity contribution in [2.45, 2.75) is 43.7 Å². The lowest BCUT2D eigenvalue weighted by atomic mass is 10.0. The largest absolute Gasteiger partial charge is 0.340 e. The normalized spacial score (nSPS) is 12.1. The van der Waals surface area contributed by atoms with E-state index < -0.39 is 17.8 Å². The van der Waals surface area contributed by atoms with Crippen LogP contribution in [0.4, 0.5) is 10.1 Å². The predicted octanol–water partition coefficient (Wildman–Crippen LogP) is 5.20. The first kappa shape index (κ1) is 24.5. The molecule has 0 saturated carbocycles. The van der Waals surface area contributed by atoms with Crippen molar-refractivity contribution < 1.29 is 14.0 Å².